The van der Waals surface area contributed by atoms with Crippen LogP contribution in [0.5, 0.6) is 0 Å². The maximum atomic E-state index is 5.70. The Bertz CT molecular complexity index is 344. The second-order valence-corrected chi connectivity index (χ2v) is 6.46. The SMILES string of the molecule is ClCCCCCCN1CCC(Cc2ccccc2)CC1. The van der Waals surface area contributed by atoms with Gasteiger partial charge in [0.1, 0.15) is 0 Å². The Kier molecular flexibility index (Phi) is 7.46. The van der Waals surface area contributed by atoms with Gasteiger partial charge in [0.25, 0.3) is 0 Å². The lowest BCUT2D eigenvalue weighted by atomic mass is 9.90. The van der Waals surface area contributed by atoms with Crippen molar-refractivity contribution in [1.82, 2.24) is 4.90 Å². The molecule has 1 saturated heterocycles. The number of nitrogens with zero attached hydrogens (tertiary/aromatic N) is 1. The molecule has 0 aromatic heterocycles. The number of rotatable bonds is 8. The minimum Gasteiger partial charge on any atom is -0.303 e. The number of likely N-dealkylation sites (tertiary alicyclic amines) is 1. The number of piperidine rings is 1. The highest BCUT2D eigenvalue weighted by molar-refractivity contribution is 6.17. The van der Waals surface area contributed by atoms with Crippen molar-refractivity contribution in [2.45, 2.75) is 44.9 Å². The monoisotopic (exact) mass is 293 g/mol. The Morgan fingerprint density at radius 1 is 0.950 bits per heavy atom. The molecule has 0 bridgehead atoms. The van der Waals surface area contributed by atoms with Crippen LogP contribution in [0.2, 0.25) is 0 Å². The van der Waals surface area contributed by atoms with Gasteiger partial charge in [0.15, 0.2) is 0 Å². The van der Waals surface area contributed by atoms with Crippen LogP contribution >= 0.6 is 11.6 Å². The van der Waals surface area contributed by atoms with E-state index < -0.39 is 0 Å². The van der Waals surface area contributed by atoms with Gasteiger partial charge >= 0.3 is 0 Å². The van der Waals surface area contributed by atoms with Crippen molar-refractivity contribution in [2.24, 2.45) is 5.92 Å². The topological polar surface area (TPSA) is 3.24 Å². The van der Waals surface area contributed by atoms with Crippen LogP contribution in [0.4, 0.5) is 0 Å². The summed E-state index contributed by atoms with van der Waals surface area (Å²) in [7, 11) is 0. The van der Waals surface area contributed by atoms with Crippen molar-refractivity contribution in [3.63, 3.8) is 0 Å². The molecule has 0 unspecified atom stereocenters. The van der Waals surface area contributed by atoms with E-state index in [0.717, 1.165) is 11.8 Å². The summed E-state index contributed by atoms with van der Waals surface area (Å²) in [5.41, 5.74) is 1.51. The molecule has 2 rings (SSSR count). The second-order valence-electron chi connectivity index (χ2n) is 6.08. The molecule has 1 nitrogen and oxygen atoms in total. The standard InChI is InChI=1S/C18H28ClN/c19-12-6-1-2-7-13-20-14-10-18(11-15-20)16-17-8-4-3-5-9-17/h3-5,8-9,18H,1-2,6-7,10-16H2. The van der Waals surface area contributed by atoms with Crippen LogP contribution < -0.4 is 0 Å². The van der Waals surface area contributed by atoms with Crippen LogP contribution in [0.25, 0.3) is 0 Å². The fraction of sp³-hybridized carbons (Fsp3) is 0.667. The molecule has 0 radical (unpaired) electrons. The highest BCUT2D eigenvalue weighted by Gasteiger charge is 2.18. The van der Waals surface area contributed by atoms with Gasteiger partial charge in [-0.15, -0.1) is 11.6 Å². The second kappa shape index (κ2) is 9.41. The van der Waals surface area contributed by atoms with E-state index in [2.05, 4.69) is 35.2 Å². The summed E-state index contributed by atoms with van der Waals surface area (Å²) in [6.07, 6.45) is 9.18. The van der Waals surface area contributed by atoms with Crippen LogP contribution in [0.3, 0.4) is 0 Å². The summed E-state index contributed by atoms with van der Waals surface area (Å²) in [5.74, 6) is 1.72. The fourth-order valence-corrected chi connectivity index (χ4v) is 3.33. The van der Waals surface area contributed by atoms with Gasteiger partial charge in [0.05, 0.1) is 0 Å². The van der Waals surface area contributed by atoms with Gasteiger partial charge in [0, 0.05) is 5.88 Å². The summed E-state index contributed by atoms with van der Waals surface area (Å²) in [6.45, 7) is 3.89. The molecule has 0 atom stereocenters. The first-order chi connectivity index (χ1) is 9.88. The normalized spacial score (nSPS) is 17.4. The van der Waals surface area contributed by atoms with Gasteiger partial charge in [0.2, 0.25) is 0 Å². The summed E-state index contributed by atoms with van der Waals surface area (Å²) < 4.78 is 0. The summed E-state index contributed by atoms with van der Waals surface area (Å²) >= 11 is 5.70. The number of unbranched alkanes of at least 4 members (excludes halogenated alkanes) is 3. The largest absolute Gasteiger partial charge is 0.303 e. The minimum atomic E-state index is 0.824. The Balaban J connectivity index is 1.58. The van der Waals surface area contributed by atoms with Gasteiger partial charge in [-0.3, -0.25) is 0 Å². The van der Waals surface area contributed by atoms with Crippen LogP contribution in [-0.2, 0) is 6.42 Å². The van der Waals surface area contributed by atoms with E-state index in [-0.39, 0.29) is 0 Å². The lowest BCUT2D eigenvalue weighted by Crippen LogP contribution is -2.35. The molecule has 20 heavy (non-hydrogen) atoms. The van der Waals surface area contributed by atoms with Crippen molar-refractivity contribution in [3.8, 4) is 0 Å². The smallest absolute Gasteiger partial charge is 0.0223 e. The molecule has 1 heterocycles. The van der Waals surface area contributed by atoms with Crippen molar-refractivity contribution in [3.05, 3.63) is 35.9 Å². The zero-order valence-corrected chi connectivity index (χ0v) is 13.3. The highest BCUT2D eigenvalue weighted by atomic mass is 35.5. The third-order valence-electron chi connectivity index (χ3n) is 4.43. The summed E-state index contributed by atoms with van der Waals surface area (Å²) in [5, 5.41) is 0. The lowest BCUT2D eigenvalue weighted by Gasteiger charge is -2.32. The molecular weight excluding hydrogens is 266 g/mol. The first kappa shape index (κ1) is 15.9. The van der Waals surface area contributed by atoms with E-state index in [9.17, 15) is 0 Å². The summed E-state index contributed by atoms with van der Waals surface area (Å²) in [6, 6.07) is 11.0. The highest BCUT2D eigenvalue weighted by Crippen LogP contribution is 2.21. The zero-order valence-electron chi connectivity index (χ0n) is 12.6. The molecule has 2 heteroatoms. The van der Waals surface area contributed by atoms with Crippen LogP contribution in [-0.4, -0.2) is 30.4 Å². The molecule has 0 amide bonds. The first-order valence-electron chi connectivity index (χ1n) is 8.20. The average molecular weight is 294 g/mol. The van der Waals surface area contributed by atoms with Gasteiger partial charge in [-0.25, -0.2) is 0 Å². The molecule has 1 aromatic rings. The Morgan fingerprint density at radius 2 is 1.65 bits per heavy atom. The maximum Gasteiger partial charge on any atom is 0.0223 e. The Morgan fingerprint density at radius 3 is 2.35 bits per heavy atom. The first-order valence-corrected chi connectivity index (χ1v) is 8.74. The molecule has 112 valence electrons. The molecule has 0 N–H and O–H groups in total. The molecule has 1 fully saturated rings. The predicted molar refractivity (Wildman–Crippen MR) is 88.5 cm³/mol. The average Bonchev–Trinajstić information content (AvgIpc) is 2.50. The van der Waals surface area contributed by atoms with Gasteiger partial charge < -0.3 is 4.90 Å². The number of alkyl halides is 1. The molecule has 0 spiro atoms. The maximum absolute atomic E-state index is 5.70. The molecule has 1 aliphatic heterocycles. The number of hydrogen-bond acceptors (Lipinski definition) is 1. The Labute approximate surface area is 129 Å². The third-order valence-corrected chi connectivity index (χ3v) is 4.70. The van der Waals surface area contributed by atoms with Crippen LogP contribution in [0.15, 0.2) is 30.3 Å². The van der Waals surface area contributed by atoms with Gasteiger partial charge in [-0.1, -0.05) is 43.2 Å². The van der Waals surface area contributed by atoms with E-state index in [1.807, 2.05) is 0 Å². The molecule has 0 aliphatic carbocycles. The van der Waals surface area contributed by atoms with E-state index in [1.54, 1.807) is 0 Å². The number of hydrogen-bond donors (Lipinski definition) is 0. The molecule has 0 saturated carbocycles. The minimum absolute atomic E-state index is 0.824. The fourth-order valence-electron chi connectivity index (χ4n) is 3.15. The van der Waals surface area contributed by atoms with Crippen molar-refractivity contribution >= 4 is 11.6 Å². The predicted octanol–water partition coefficient (Wildman–Crippen LogP) is 4.74. The number of benzene rings is 1. The van der Waals surface area contributed by atoms with Crippen molar-refractivity contribution in [1.29, 1.82) is 0 Å². The van der Waals surface area contributed by atoms with E-state index in [1.165, 1.54) is 70.1 Å². The van der Waals surface area contributed by atoms with E-state index in [4.69, 9.17) is 11.6 Å². The van der Waals surface area contributed by atoms with Gasteiger partial charge in [-0.2, -0.15) is 0 Å². The summed E-state index contributed by atoms with van der Waals surface area (Å²) in [4.78, 5) is 2.65. The lowest BCUT2D eigenvalue weighted by molar-refractivity contribution is 0.181. The van der Waals surface area contributed by atoms with Crippen molar-refractivity contribution in [2.75, 3.05) is 25.5 Å². The van der Waals surface area contributed by atoms with E-state index >= 15 is 0 Å². The molecule has 1 aromatic carbocycles. The molecule has 1 aliphatic rings. The van der Waals surface area contributed by atoms with Crippen LogP contribution in [0, 0.1) is 5.92 Å². The molecular formula is C18H28ClN. The quantitative estimate of drug-likeness (QED) is 0.494. The zero-order chi connectivity index (χ0) is 14.0. The van der Waals surface area contributed by atoms with Crippen LogP contribution in [0.1, 0.15) is 44.1 Å². The van der Waals surface area contributed by atoms with E-state index in [0.29, 0.717) is 0 Å². The Hall–Kier alpha value is -0.530. The van der Waals surface area contributed by atoms with Gasteiger partial charge in [-0.05, 0) is 63.2 Å². The number of halogens is 1. The third kappa shape index (κ3) is 5.85. The van der Waals surface area contributed by atoms with Crippen molar-refractivity contribution < 1.29 is 0 Å².